The van der Waals surface area contributed by atoms with E-state index in [4.69, 9.17) is 4.74 Å². The van der Waals surface area contributed by atoms with Crippen LogP contribution in [0.25, 0.3) is 0 Å². The summed E-state index contributed by atoms with van der Waals surface area (Å²) in [6.07, 6.45) is 3.96. The first-order valence-electron chi connectivity index (χ1n) is 6.97. The van der Waals surface area contributed by atoms with Crippen LogP contribution in [-0.2, 0) is 0 Å². The number of allylic oxidation sites excluding steroid dienone is 1. The maximum Gasteiger partial charge on any atom is 0.119 e. The Labute approximate surface area is 123 Å². The Kier molecular flexibility index (Phi) is 6.35. The lowest BCUT2D eigenvalue weighted by atomic mass is 9.98. The number of nitrogens with one attached hydrogen (secondary N) is 1. The van der Waals surface area contributed by atoms with Crippen LogP contribution in [-0.4, -0.2) is 13.7 Å². The molecule has 1 N–H and O–H groups in total. The van der Waals surface area contributed by atoms with Crippen LogP contribution in [0.2, 0.25) is 0 Å². The highest BCUT2D eigenvalue weighted by atomic mass is 16.5. The van der Waals surface area contributed by atoms with Crippen molar-refractivity contribution < 1.29 is 4.74 Å². The topological polar surface area (TPSA) is 21.3 Å². The minimum absolute atomic E-state index is 0.0612. The number of hydrogen-bond donors (Lipinski definition) is 1. The lowest BCUT2D eigenvalue weighted by molar-refractivity contribution is 0.413. The zero-order valence-corrected chi connectivity index (χ0v) is 13.2. The summed E-state index contributed by atoms with van der Waals surface area (Å²) in [5.41, 5.74) is 1.28. The lowest BCUT2D eigenvalue weighted by Gasteiger charge is -2.13. The van der Waals surface area contributed by atoms with E-state index in [1.165, 1.54) is 5.56 Å². The van der Waals surface area contributed by atoms with E-state index in [9.17, 15) is 0 Å². The van der Waals surface area contributed by atoms with E-state index in [1.807, 2.05) is 18.2 Å². The first-order chi connectivity index (χ1) is 9.42. The molecule has 2 nitrogen and oxygen atoms in total. The Morgan fingerprint density at radius 3 is 2.75 bits per heavy atom. The van der Waals surface area contributed by atoms with Crippen LogP contribution in [0, 0.1) is 17.3 Å². The molecule has 1 aromatic carbocycles. The number of benzene rings is 1. The molecule has 0 aliphatic carbocycles. The molecule has 0 fully saturated rings. The van der Waals surface area contributed by atoms with E-state index in [2.05, 4.69) is 63.1 Å². The fourth-order valence-corrected chi connectivity index (χ4v) is 1.65. The minimum Gasteiger partial charge on any atom is -0.497 e. The first-order valence-corrected chi connectivity index (χ1v) is 6.97. The van der Waals surface area contributed by atoms with Gasteiger partial charge in [-0.25, -0.2) is 0 Å². The number of ether oxygens (including phenoxy) is 1. The van der Waals surface area contributed by atoms with Crippen LogP contribution in [0.15, 0.2) is 36.4 Å². The fourth-order valence-electron chi connectivity index (χ4n) is 1.65. The van der Waals surface area contributed by atoms with Crippen molar-refractivity contribution in [2.24, 2.45) is 5.41 Å². The summed E-state index contributed by atoms with van der Waals surface area (Å²) in [5.74, 6) is 7.13. The third kappa shape index (κ3) is 6.45. The van der Waals surface area contributed by atoms with Crippen molar-refractivity contribution >= 4 is 0 Å². The van der Waals surface area contributed by atoms with E-state index < -0.39 is 0 Å². The Bertz CT molecular complexity index is 500. The van der Waals surface area contributed by atoms with E-state index in [-0.39, 0.29) is 11.5 Å². The van der Waals surface area contributed by atoms with E-state index in [0.717, 1.165) is 12.3 Å². The number of rotatable bonds is 5. The van der Waals surface area contributed by atoms with Crippen molar-refractivity contribution in [1.29, 1.82) is 0 Å². The summed E-state index contributed by atoms with van der Waals surface area (Å²) in [7, 11) is 1.69. The fraction of sp³-hybridized carbons (Fsp3) is 0.444. The second kappa shape index (κ2) is 7.77. The van der Waals surface area contributed by atoms with E-state index in [1.54, 1.807) is 7.11 Å². The molecule has 0 aromatic heterocycles. The van der Waals surface area contributed by atoms with Crippen molar-refractivity contribution in [3.8, 4) is 17.6 Å². The average molecular weight is 271 g/mol. The summed E-state index contributed by atoms with van der Waals surface area (Å²) in [4.78, 5) is 0. The van der Waals surface area contributed by atoms with Gasteiger partial charge >= 0.3 is 0 Å². The zero-order chi connectivity index (χ0) is 15.0. The van der Waals surface area contributed by atoms with Gasteiger partial charge in [-0.15, -0.1) is 0 Å². The number of hydrogen-bond acceptors (Lipinski definition) is 2. The van der Waals surface area contributed by atoms with Crippen LogP contribution >= 0.6 is 0 Å². The third-order valence-electron chi connectivity index (χ3n) is 2.78. The second-order valence-corrected chi connectivity index (χ2v) is 5.83. The molecular formula is C18H25NO. The van der Waals surface area contributed by atoms with Gasteiger partial charge in [0.25, 0.3) is 0 Å². The van der Waals surface area contributed by atoms with Gasteiger partial charge in [-0.05, 0) is 51.5 Å². The van der Waals surface area contributed by atoms with Crippen LogP contribution < -0.4 is 10.1 Å². The molecule has 0 saturated carbocycles. The summed E-state index contributed by atoms with van der Waals surface area (Å²) < 4.78 is 5.23. The molecule has 1 unspecified atom stereocenters. The van der Waals surface area contributed by atoms with Crippen LogP contribution in [0.4, 0.5) is 0 Å². The molecule has 1 rings (SSSR count). The predicted molar refractivity (Wildman–Crippen MR) is 85.8 cm³/mol. The van der Waals surface area contributed by atoms with Gasteiger partial charge in [0.2, 0.25) is 0 Å². The van der Waals surface area contributed by atoms with E-state index in [0.29, 0.717) is 0 Å². The predicted octanol–water partition coefficient (Wildman–Crippen LogP) is 3.95. The molecule has 0 heterocycles. The molecule has 1 aromatic rings. The molecule has 0 aliphatic heterocycles. The Balaban J connectivity index is 2.45. The molecule has 0 spiro atoms. The van der Waals surface area contributed by atoms with Gasteiger partial charge in [0.15, 0.2) is 0 Å². The summed E-state index contributed by atoms with van der Waals surface area (Å²) in [6.45, 7) is 9.27. The standard InChI is InChI=1S/C18H25NO/c1-15(16-10-9-11-17(14-16)20-5)19-13-8-6-7-12-18(2,3)4/h6,8-11,14-15,19H,13H2,1-5H3/b8-6-. The van der Waals surface area contributed by atoms with Gasteiger partial charge in [-0.1, -0.05) is 30.0 Å². The maximum atomic E-state index is 5.23. The summed E-state index contributed by atoms with van der Waals surface area (Å²) in [5, 5.41) is 3.44. The van der Waals surface area contributed by atoms with Crippen molar-refractivity contribution in [1.82, 2.24) is 5.32 Å². The normalized spacial score (nSPS) is 12.8. The van der Waals surface area contributed by atoms with E-state index >= 15 is 0 Å². The van der Waals surface area contributed by atoms with Gasteiger partial charge in [0, 0.05) is 18.0 Å². The smallest absolute Gasteiger partial charge is 0.119 e. The highest BCUT2D eigenvalue weighted by Gasteiger charge is 2.04. The van der Waals surface area contributed by atoms with Crippen molar-refractivity contribution in [2.45, 2.75) is 33.7 Å². The molecule has 108 valence electrons. The maximum absolute atomic E-state index is 5.23. The quantitative estimate of drug-likeness (QED) is 0.819. The Morgan fingerprint density at radius 2 is 2.10 bits per heavy atom. The van der Waals surface area contributed by atoms with Gasteiger partial charge in [-0.2, -0.15) is 0 Å². The third-order valence-corrected chi connectivity index (χ3v) is 2.78. The monoisotopic (exact) mass is 271 g/mol. The van der Waals surface area contributed by atoms with Gasteiger partial charge in [0.1, 0.15) is 5.75 Å². The van der Waals surface area contributed by atoms with Crippen molar-refractivity contribution in [2.75, 3.05) is 13.7 Å². The van der Waals surface area contributed by atoms with Gasteiger partial charge in [0.05, 0.1) is 7.11 Å². The zero-order valence-electron chi connectivity index (χ0n) is 13.2. The molecule has 0 amide bonds. The average Bonchev–Trinajstić information content (AvgIpc) is 2.41. The molecule has 0 bridgehead atoms. The largest absolute Gasteiger partial charge is 0.497 e. The first kappa shape index (κ1) is 16.3. The second-order valence-electron chi connectivity index (χ2n) is 5.83. The summed E-state index contributed by atoms with van der Waals surface area (Å²) in [6, 6.07) is 8.41. The highest BCUT2D eigenvalue weighted by Crippen LogP contribution is 2.18. The molecule has 0 saturated heterocycles. The highest BCUT2D eigenvalue weighted by molar-refractivity contribution is 5.30. The molecular weight excluding hydrogens is 246 g/mol. The Morgan fingerprint density at radius 1 is 1.35 bits per heavy atom. The SMILES string of the molecule is COc1cccc(C(C)NC/C=C\C#CC(C)(C)C)c1. The Hall–Kier alpha value is -1.72. The summed E-state index contributed by atoms with van der Waals surface area (Å²) >= 11 is 0. The van der Waals surface area contributed by atoms with Crippen LogP contribution in [0.5, 0.6) is 5.75 Å². The molecule has 0 aliphatic rings. The molecule has 0 radical (unpaired) electrons. The van der Waals surface area contributed by atoms with Gasteiger partial charge < -0.3 is 10.1 Å². The van der Waals surface area contributed by atoms with Crippen LogP contribution in [0.3, 0.4) is 0 Å². The minimum atomic E-state index is 0.0612. The lowest BCUT2D eigenvalue weighted by Crippen LogP contribution is -2.18. The van der Waals surface area contributed by atoms with Crippen LogP contribution in [0.1, 0.15) is 39.3 Å². The molecule has 20 heavy (non-hydrogen) atoms. The number of methoxy groups -OCH3 is 1. The van der Waals surface area contributed by atoms with Crippen molar-refractivity contribution in [3.05, 3.63) is 42.0 Å². The molecule has 2 heteroatoms. The van der Waals surface area contributed by atoms with Gasteiger partial charge in [-0.3, -0.25) is 0 Å². The van der Waals surface area contributed by atoms with Crippen molar-refractivity contribution in [3.63, 3.8) is 0 Å². The molecule has 1 atom stereocenters.